The fourth-order valence-electron chi connectivity index (χ4n) is 3.19. The van der Waals surface area contributed by atoms with E-state index in [2.05, 4.69) is 21.2 Å². The topological polar surface area (TPSA) is 94.2 Å². The Kier molecular flexibility index (Phi) is 8.06. The summed E-state index contributed by atoms with van der Waals surface area (Å²) in [5.41, 5.74) is 1.67. The van der Waals surface area contributed by atoms with Gasteiger partial charge in [0.15, 0.2) is 0 Å². The highest BCUT2D eigenvalue weighted by molar-refractivity contribution is 9.10. The number of aryl methyl sites for hydroxylation is 1. The predicted molar refractivity (Wildman–Crippen MR) is 135 cm³/mol. The minimum absolute atomic E-state index is 0.00695. The van der Waals surface area contributed by atoms with Crippen LogP contribution < -0.4 is 23.8 Å². The van der Waals surface area contributed by atoms with Gasteiger partial charge in [0.2, 0.25) is 5.91 Å². The first kappa shape index (κ1) is 25.4. The van der Waals surface area contributed by atoms with Gasteiger partial charge < -0.3 is 19.5 Å². The number of carbonyl (C=O) groups excluding carboxylic acids is 1. The molecular formula is C24H25BrN2O6S. The fourth-order valence-corrected chi connectivity index (χ4v) is 5.33. The number of sulfonamides is 1. The summed E-state index contributed by atoms with van der Waals surface area (Å²) < 4.78 is 44.5. The molecule has 0 fully saturated rings. The standard InChI is InChI=1S/C24H25BrN2O6S/c1-16-5-7-17(8-6-16)27(34(29,30)19-10-12-22(32-3)20(25)14-19)15-24(28)26-21-13-18(31-2)9-11-23(21)33-4/h5-14H,15H2,1-4H3,(H,26,28). The molecule has 0 saturated heterocycles. The molecule has 8 nitrogen and oxygen atoms in total. The summed E-state index contributed by atoms with van der Waals surface area (Å²) in [7, 11) is 0.371. The monoisotopic (exact) mass is 548 g/mol. The van der Waals surface area contributed by atoms with Crippen LogP contribution in [0.15, 0.2) is 70.0 Å². The van der Waals surface area contributed by atoms with Crippen molar-refractivity contribution < 1.29 is 27.4 Å². The van der Waals surface area contributed by atoms with Gasteiger partial charge in [0.25, 0.3) is 10.0 Å². The van der Waals surface area contributed by atoms with Crippen LogP contribution in [-0.4, -0.2) is 42.2 Å². The molecule has 0 aromatic heterocycles. The van der Waals surface area contributed by atoms with Crippen molar-refractivity contribution in [3.8, 4) is 17.2 Å². The number of hydrogen-bond donors (Lipinski definition) is 1. The van der Waals surface area contributed by atoms with Gasteiger partial charge in [-0.25, -0.2) is 8.42 Å². The average molecular weight is 549 g/mol. The second kappa shape index (κ2) is 10.8. The Morgan fingerprint density at radius 3 is 2.15 bits per heavy atom. The van der Waals surface area contributed by atoms with Crippen molar-refractivity contribution in [3.05, 3.63) is 70.7 Å². The molecule has 0 spiro atoms. The number of methoxy groups -OCH3 is 3. The first-order valence-electron chi connectivity index (χ1n) is 10.1. The minimum atomic E-state index is -4.10. The maximum atomic E-state index is 13.6. The molecule has 0 heterocycles. The Balaban J connectivity index is 1.98. The Morgan fingerprint density at radius 2 is 1.56 bits per heavy atom. The molecule has 3 aromatic rings. The number of halogens is 1. The number of nitrogens with zero attached hydrogens (tertiary/aromatic N) is 1. The maximum absolute atomic E-state index is 13.6. The zero-order valence-corrected chi connectivity index (χ0v) is 21.6. The van der Waals surface area contributed by atoms with E-state index in [0.717, 1.165) is 9.87 Å². The lowest BCUT2D eigenvalue weighted by Crippen LogP contribution is -2.38. The lowest BCUT2D eigenvalue weighted by atomic mass is 10.2. The molecule has 0 aliphatic carbocycles. The molecule has 0 bridgehead atoms. The number of anilines is 2. The zero-order valence-electron chi connectivity index (χ0n) is 19.2. The van der Waals surface area contributed by atoms with E-state index in [9.17, 15) is 13.2 Å². The Hall–Kier alpha value is -3.24. The summed E-state index contributed by atoms with van der Waals surface area (Å²) in [4.78, 5) is 13.0. The summed E-state index contributed by atoms with van der Waals surface area (Å²) in [5.74, 6) is 0.868. The van der Waals surface area contributed by atoms with Gasteiger partial charge in [-0.15, -0.1) is 0 Å². The van der Waals surface area contributed by atoms with Crippen molar-refractivity contribution in [2.45, 2.75) is 11.8 Å². The third-order valence-corrected chi connectivity index (χ3v) is 7.39. The second-order valence-electron chi connectivity index (χ2n) is 7.26. The number of carbonyl (C=O) groups is 1. The van der Waals surface area contributed by atoms with Gasteiger partial charge in [-0.2, -0.15) is 0 Å². The van der Waals surface area contributed by atoms with Gasteiger partial charge in [0.05, 0.1) is 42.1 Å². The van der Waals surface area contributed by atoms with E-state index < -0.39 is 22.5 Å². The third-order valence-electron chi connectivity index (χ3n) is 5.00. The van der Waals surface area contributed by atoms with Gasteiger partial charge >= 0.3 is 0 Å². The molecular weight excluding hydrogens is 524 g/mol. The van der Waals surface area contributed by atoms with Crippen molar-refractivity contribution in [2.75, 3.05) is 37.5 Å². The van der Waals surface area contributed by atoms with Crippen LogP contribution in [-0.2, 0) is 14.8 Å². The smallest absolute Gasteiger partial charge is 0.264 e. The first-order valence-corrected chi connectivity index (χ1v) is 12.4. The molecule has 0 unspecified atom stereocenters. The van der Waals surface area contributed by atoms with Crippen LogP contribution in [0.2, 0.25) is 0 Å². The Morgan fingerprint density at radius 1 is 0.912 bits per heavy atom. The molecule has 1 N–H and O–H groups in total. The quantitative estimate of drug-likeness (QED) is 0.419. The molecule has 3 rings (SSSR count). The van der Waals surface area contributed by atoms with E-state index in [1.807, 2.05) is 6.92 Å². The summed E-state index contributed by atoms with van der Waals surface area (Å²) in [6.07, 6.45) is 0. The predicted octanol–water partition coefficient (Wildman–Crippen LogP) is 4.62. The average Bonchev–Trinajstić information content (AvgIpc) is 2.83. The van der Waals surface area contributed by atoms with Crippen LogP contribution >= 0.6 is 15.9 Å². The number of ether oxygens (including phenoxy) is 3. The number of benzene rings is 3. The second-order valence-corrected chi connectivity index (χ2v) is 9.97. The fraction of sp³-hybridized carbons (Fsp3) is 0.208. The molecule has 3 aromatic carbocycles. The first-order chi connectivity index (χ1) is 16.2. The Labute approximate surface area is 207 Å². The zero-order chi connectivity index (χ0) is 24.9. The normalized spacial score (nSPS) is 11.0. The number of rotatable bonds is 9. The van der Waals surface area contributed by atoms with E-state index in [4.69, 9.17) is 14.2 Å². The van der Waals surface area contributed by atoms with Gasteiger partial charge in [-0.1, -0.05) is 17.7 Å². The minimum Gasteiger partial charge on any atom is -0.497 e. The Bertz CT molecular complexity index is 1280. The number of amides is 1. The van der Waals surface area contributed by atoms with Crippen LogP contribution in [0.4, 0.5) is 11.4 Å². The van der Waals surface area contributed by atoms with E-state index in [1.165, 1.54) is 33.5 Å². The molecule has 0 aliphatic heterocycles. The summed E-state index contributed by atoms with van der Waals surface area (Å²) in [6, 6.07) is 16.2. The highest BCUT2D eigenvalue weighted by Crippen LogP contribution is 2.32. The van der Waals surface area contributed by atoms with Crippen LogP contribution in [0.5, 0.6) is 17.2 Å². The van der Waals surface area contributed by atoms with Gasteiger partial charge in [0, 0.05) is 6.07 Å². The number of nitrogens with one attached hydrogen (secondary N) is 1. The van der Waals surface area contributed by atoms with E-state index in [-0.39, 0.29) is 4.90 Å². The van der Waals surface area contributed by atoms with Crippen LogP contribution in [0.3, 0.4) is 0 Å². The van der Waals surface area contributed by atoms with Crippen molar-refractivity contribution in [1.82, 2.24) is 0 Å². The van der Waals surface area contributed by atoms with E-state index in [1.54, 1.807) is 48.5 Å². The summed E-state index contributed by atoms with van der Waals surface area (Å²) >= 11 is 3.33. The molecule has 0 atom stereocenters. The van der Waals surface area contributed by atoms with Crippen LogP contribution in [0.25, 0.3) is 0 Å². The molecule has 34 heavy (non-hydrogen) atoms. The number of hydrogen-bond acceptors (Lipinski definition) is 6. The highest BCUT2D eigenvalue weighted by atomic mass is 79.9. The molecule has 0 saturated carbocycles. The summed E-state index contributed by atoms with van der Waals surface area (Å²) in [6.45, 7) is 1.43. The lowest BCUT2D eigenvalue weighted by Gasteiger charge is -2.25. The molecule has 1 amide bonds. The van der Waals surface area contributed by atoms with Crippen LogP contribution in [0, 0.1) is 6.92 Å². The van der Waals surface area contributed by atoms with Crippen molar-refractivity contribution in [2.24, 2.45) is 0 Å². The van der Waals surface area contributed by atoms with Gasteiger partial charge in [0.1, 0.15) is 23.8 Å². The van der Waals surface area contributed by atoms with Crippen molar-refractivity contribution in [1.29, 1.82) is 0 Å². The van der Waals surface area contributed by atoms with Crippen molar-refractivity contribution >= 4 is 43.2 Å². The van der Waals surface area contributed by atoms with E-state index in [0.29, 0.717) is 33.1 Å². The molecule has 0 radical (unpaired) electrons. The SMILES string of the molecule is COc1ccc(OC)c(NC(=O)CN(c2ccc(C)cc2)S(=O)(=O)c2ccc(OC)c(Br)c2)c1. The van der Waals surface area contributed by atoms with E-state index >= 15 is 0 Å². The highest BCUT2D eigenvalue weighted by Gasteiger charge is 2.28. The largest absolute Gasteiger partial charge is 0.497 e. The van der Waals surface area contributed by atoms with Gasteiger partial charge in [-0.05, 0) is 65.3 Å². The lowest BCUT2D eigenvalue weighted by molar-refractivity contribution is -0.114. The molecule has 0 aliphatic rings. The third kappa shape index (κ3) is 5.63. The van der Waals surface area contributed by atoms with Gasteiger partial charge in [-0.3, -0.25) is 9.10 Å². The molecule has 180 valence electrons. The summed E-state index contributed by atoms with van der Waals surface area (Å²) in [5, 5.41) is 2.72. The maximum Gasteiger partial charge on any atom is 0.264 e. The van der Waals surface area contributed by atoms with Crippen molar-refractivity contribution in [3.63, 3.8) is 0 Å². The van der Waals surface area contributed by atoms with Crippen LogP contribution in [0.1, 0.15) is 5.56 Å². The molecule has 10 heteroatoms.